The van der Waals surface area contributed by atoms with Crippen molar-refractivity contribution in [3.05, 3.63) is 53.4 Å². The first-order chi connectivity index (χ1) is 30.0. The lowest BCUT2D eigenvalue weighted by atomic mass is 9.84. The van der Waals surface area contributed by atoms with Crippen LogP contribution in [0.4, 0.5) is 10.5 Å². The van der Waals surface area contributed by atoms with Crippen LogP contribution in [-0.2, 0) is 32.0 Å². The lowest BCUT2D eigenvalue weighted by Gasteiger charge is -2.37. The average Bonchev–Trinajstić information content (AvgIpc) is 4.08. The van der Waals surface area contributed by atoms with Crippen LogP contribution in [0.3, 0.4) is 0 Å². The van der Waals surface area contributed by atoms with Crippen molar-refractivity contribution in [2.75, 3.05) is 71.0 Å². The molecule has 2 amide bonds. The number of piperazine rings is 1. The lowest BCUT2D eigenvalue weighted by Crippen LogP contribution is -2.62. The fraction of sp³-hybridized carbons (Fsp3) is 0.633. The topological polar surface area (TPSA) is 145 Å². The van der Waals surface area contributed by atoms with Gasteiger partial charge in [0.2, 0.25) is 0 Å². The van der Waals surface area contributed by atoms with Crippen molar-refractivity contribution in [1.82, 2.24) is 35.1 Å². The average molecular weight is 869 g/mol. The number of nitrogens with zero attached hydrogens (tertiary/aromatic N) is 6. The number of esters is 1. The molecule has 344 valence electrons. The second-order valence-electron chi connectivity index (χ2n) is 20.1. The minimum atomic E-state index is -0.930. The number of carbonyl (C=O) groups is 3. The van der Waals surface area contributed by atoms with Gasteiger partial charge in [-0.25, -0.2) is 10.2 Å². The minimum absolute atomic E-state index is 0.0547. The van der Waals surface area contributed by atoms with Crippen LogP contribution in [0.15, 0.2) is 36.5 Å². The Morgan fingerprint density at radius 3 is 2.40 bits per heavy atom. The number of aromatic nitrogens is 2. The molecule has 2 atom stereocenters. The van der Waals surface area contributed by atoms with E-state index in [1.54, 1.807) is 20.8 Å². The Bertz CT molecular complexity index is 2160. The first-order valence-corrected chi connectivity index (χ1v) is 23.3. The van der Waals surface area contributed by atoms with Crippen LogP contribution in [0.1, 0.15) is 110 Å². The second kappa shape index (κ2) is 19.3. The molecule has 1 aromatic carbocycles. The summed E-state index contributed by atoms with van der Waals surface area (Å²) in [6, 6.07) is 8.34. The number of ether oxygens (including phenoxy) is 2. The molecule has 3 N–H and O–H groups in total. The molecular weight excluding hydrogens is 797 g/mol. The Balaban J connectivity index is 1.21. The molecule has 3 aliphatic heterocycles. The van der Waals surface area contributed by atoms with Crippen LogP contribution in [-0.4, -0.2) is 137 Å². The van der Waals surface area contributed by atoms with Gasteiger partial charge in [-0.1, -0.05) is 39.8 Å². The van der Waals surface area contributed by atoms with E-state index in [4.69, 9.17) is 14.5 Å². The number of fused-ring (bicyclic) bond motifs is 1. The van der Waals surface area contributed by atoms with Gasteiger partial charge < -0.3 is 29.4 Å². The van der Waals surface area contributed by atoms with Crippen LogP contribution in [0.25, 0.3) is 27.7 Å². The van der Waals surface area contributed by atoms with Crippen LogP contribution in [0.5, 0.6) is 0 Å². The highest BCUT2D eigenvalue weighted by atomic mass is 16.6. The van der Waals surface area contributed by atoms with E-state index in [0.717, 1.165) is 84.2 Å². The molecule has 14 nitrogen and oxygen atoms in total. The number of pyridine rings is 1. The summed E-state index contributed by atoms with van der Waals surface area (Å²) in [6.45, 7) is 23.2. The summed E-state index contributed by atoms with van der Waals surface area (Å²) in [5.74, 6) is -0.562. The van der Waals surface area contributed by atoms with E-state index in [2.05, 4.69) is 101 Å². The van der Waals surface area contributed by atoms with E-state index in [9.17, 15) is 19.5 Å². The van der Waals surface area contributed by atoms with Crippen molar-refractivity contribution < 1.29 is 29.0 Å². The molecule has 0 spiro atoms. The zero-order chi connectivity index (χ0) is 45.2. The number of aliphatic hydroxyl groups is 1. The molecule has 1 saturated carbocycles. The number of benzene rings is 1. The van der Waals surface area contributed by atoms with Gasteiger partial charge >= 0.3 is 12.1 Å². The molecule has 0 unspecified atom stereocenters. The largest absolute Gasteiger partial charge is 0.468 e. The number of amides is 2. The standard InChI is InChI=1S/C49H72N8O6/c1-10-56-42-18-15-33(34-13-11-19-53(29-34)30-41(51-47(61)63-48(4,5)6)45(59)57-20-12-14-40(52-57)46(60)62-9)25-37(42)39(27-49(7,8)31-58)44(56)38-26-36(28-50-43(38)32(2)3)55-23-21-54(22-24-55)35-16-17-35/h13,15,18,25-26,28,32,35,40-41,52,58H,10-12,14,16-17,19-24,27,29-31H2,1-9H3,(H,51,61)/t40-,41-/m0/s1. The summed E-state index contributed by atoms with van der Waals surface area (Å²) < 4.78 is 13.0. The summed E-state index contributed by atoms with van der Waals surface area (Å²) in [5, 5.41) is 16.2. The molecule has 1 aliphatic carbocycles. The minimum Gasteiger partial charge on any atom is -0.468 e. The molecular formula is C49H72N8O6. The fourth-order valence-corrected chi connectivity index (χ4v) is 9.56. The summed E-state index contributed by atoms with van der Waals surface area (Å²) in [5.41, 5.74) is 11.1. The van der Waals surface area contributed by atoms with Crippen molar-refractivity contribution in [2.24, 2.45) is 5.41 Å². The number of hydrogen-bond acceptors (Lipinski definition) is 11. The number of methoxy groups -OCH3 is 1. The van der Waals surface area contributed by atoms with Gasteiger partial charge in [-0.2, -0.15) is 0 Å². The maximum atomic E-state index is 14.2. The molecule has 4 aliphatic rings. The molecule has 14 heteroatoms. The van der Waals surface area contributed by atoms with E-state index < -0.39 is 29.7 Å². The number of rotatable bonds is 14. The second-order valence-corrected chi connectivity index (χ2v) is 20.1. The van der Waals surface area contributed by atoms with Gasteiger partial charge in [0, 0.05) is 88.0 Å². The van der Waals surface area contributed by atoms with E-state index in [-0.39, 0.29) is 30.4 Å². The predicted molar refractivity (Wildman–Crippen MR) is 248 cm³/mol. The number of aliphatic hydroxyl groups excluding tert-OH is 1. The summed E-state index contributed by atoms with van der Waals surface area (Å²) in [4.78, 5) is 52.3. The first-order valence-electron chi connectivity index (χ1n) is 23.3. The van der Waals surface area contributed by atoms with E-state index in [1.165, 1.54) is 36.2 Å². The van der Waals surface area contributed by atoms with Gasteiger partial charge in [0.1, 0.15) is 17.7 Å². The maximum Gasteiger partial charge on any atom is 0.408 e. The number of nitrogens with one attached hydrogen (secondary N) is 2. The molecule has 5 heterocycles. The maximum absolute atomic E-state index is 14.2. The SMILES string of the molecule is CCn1c(-c2cc(N3CCN(C4CC4)CC3)cnc2C(C)C)c(CC(C)(C)CO)c2cc(C3=CCCN(C[C@H](NC(=O)OC(C)(C)C)C(=O)N4CCC[C@@H](C(=O)OC)N4)C3)ccc21. The zero-order valence-corrected chi connectivity index (χ0v) is 39.3. The molecule has 63 heavy (non-hydrogen) atoms. The van der Waals surface area contributed by atoms with Gasteiger partial charge in [-0.05, 0) is 112 Å². The van der Waals surface area contributed by atoms with E-state index in [0.29, 0.717) is 38.9 Å². The Labute approximate surface area is 374 Å². The van der Waals surface area contributed by atoms with Crippen LogP contribution in [0, 0.1) is 5.41 Å². The van der Waals surface area contributed by atoms with Crippen molar-refractivity contribution >= 4 is 40.1 Å². The van der Waals surface area contributed by atoms with Crippen molar-refractivity contribution in [2.45, 2.75) is 130 Å². The Kier molecular flexibility index (Phi) is 14.2. The highest BCUT2D eigenvalue weighted by molar-refractivity contribution is 5.95. The number of aryl methyl sites for hydroxylation is 1. The Hall–Kier alpha value is -4.50. The molecule has 2 saturated heterocycles. The molecule has 0 bridgehead atoms. The summed E-state index contributed by atoms with van der Waals surface area (Å²) in [6.07, 6.45) is 8.95. The van der Waals surface area contributed by atoms with Crippen LogP contribution >= 0.6 is 0 Å². The van der Waals surface area contributed by atoms with Crippen molar-refractivity contribution in [3.8, 4) is 11.3 Å². The number of carbonyl (C=O) groups excluding carboxylic acids is 3. The third-order valence-electron chi connectivity index (χ3n) is 13.0. The first kappa shape index (κ1) is 46.5. The summed E-state index contributed by atoms with van der Waals surface area (Å²) >= 11 is 0. The van der Waals surface area contributed by atoms with E-state index in [1.807, 2.05) is 0 Å². The molecule has 3 fully saturated rings. The molecule has 7 rings (SSSR count). The van der Waals surface area contributed by atoms with Crippen molar-refractivity contribution in [1.29, 1.82) is 0 Å². The Morgan fingerprint density at radius 1 is 1.00 bits per heavy atom. The zero-order valence-electron chi connectivity index (χ0n) is 39.3. The third-order valence-corrected chi connectivity index (χ3v) is 13.0. The smallest absolute Gasteiger partial charge is 0.408 e. The van der Waals surface area contributed by atoms with E-state index >= 15 is 0 Å². The van der Waals surface area contributed by atoms with Gasteiger partial charge in [0.25, 0.3) is 5.91 Å². The lowest BCUT2D eigenvalue weighted by molar-refractivity contribution is -0.150. The molecule has 3 aromatic rings. The normalized spacial score (nSPS) is 19.9. The number of alkyl carbamates (subject to hydrolysis) is 1. The van der Waals surface area contributed by atoms with Gasteiger partial charge in [0.15, 0.2) is 0 Å². The molecule has 0 radical (unpaired) electrons. The third kappa shape index (κ3) is 10.9. The highest BCUT2D eigenvalue weighted by Gasteiger charge is 2.36. The number of hydrazine groups is 1. The van der Waals surface area contributed by atoms with Crippen LogP contribution in [0.2, 0.25) is 0 Å². The monoisotopic (exact) mass is 869 g/mol. The number of hydrogen-bond donors (Lipinski definition) is 3. The fourth-order valence-electron chi connectivity index (χ4n) is 9.56. The van der Waals surface area contributed by atoms with Crippen molar-refractivity contribution in [3.63, 3.8) is 0 Å². The van der Waals surface area contributed by atoms with Gasteiger partial charge in [-0.15, -0.1) is 0 Å². The van der Waals surface area contributed by atoms with Gasteiger partial charge in [-0.3, -0.25) is 29.4 Å². The highest BCUT2D eigenvalue weighted by Crippen LogP contribution is 2.42. The summed E-state index contributed by atoms with van der Waals surface area (Å²) in [7, 11) is 1.34. The van der Waals surface area contributed by atoms with Gasteiger partial charge in [0.05, 0.1) is 30.4 Å². The number of anilines is 1. The van der Waals surface area contributed by atoms with Crippen LogP contribution < -0.4 is 15.6 Å². The molecule has 2 aromatic heterocycles. The predicted octanol–water partition coefficient (Wildman–Crippen LogP) is 6.34. The Morgan fingerprint density at radius 2 is 1.75 bits per heavy atom. The quantitative estimate of drug-likeness (QED) is 0.156.